The highest BCUT2D eigenvalue weighted by atomic mass is 35.5. The molecular formula is C20H25ClN6O. The first-order valence-electron chi connectivity index (χ1n) is 9.21. The number of amides is 1. The summed E-state index contributed by atoms with van der Waals surface area (Å²) in [6.07, 6.45) is 7.58. The van der Waals surface area contributed by atoms with E-state index in [0.717, 1.165) is 24.2 Å². The zero-order chi connectivity index (χ0) is 18.6. The number of aromatic nitrogens is 4. The summed E-state index contributed by atoms with van der Waals surface area (Å²) in [6.45, 7) is 2.80. The van der Waals surface area contributed by atoms with Crippen LogP contribution in [0.25, 0.3) is 0 Å². The van der Waals surface area contributed by atoms with Crippen LogP contribution in [0.1, 0.15) is 22.6 Å². The van der Waals surface area contributed by atoms with Crippen molar-refractivity contribution in [1.29, 1.82) is 0 Å². The van der Waals surface area contributed by atoms with Crippen LogP contribution in [0.4, 0.5) is 0 Å². The van der Waals surface area contributed by atoms with E-state index in [4.69, 9.17) is 0 Å². The fraction of sp³-hybridized carbons (Fsp3) is 0.350. The molecule has 0 radical (unpaired) electrons. The third-order valence-electron chi connectivity index (χ3n) is 5.10. The van der Waals surface area contributed by atoms with Gasteiger partial charge >= 0.3 is 0 Å². The quantitative estimate of drug-likeness (QED) is 0.660. The maximum Gasteiger partial charge on any atom is 0.225 e. The Morgan fingerprint density at radius 2 is 2.00 bits per heavy atom. The van der Waals surface area contributed by atoms with Gasteiger partial charge in [-0.3, -0.25) is 14.2 Å². The molecular weight excluding hydrogens is 376 g/mol. The number of hydrogen-bond donors (Lipinski definition) is 2. The first-order valence-corrected chi connectivity index (χ1v) is 9.21. The van der Waals surface area contributed by atoms with Gasteiger partial charge in [0.05, 0.1) is 18.7 Å². The van der Waals surface area contributed by atoms with Gasteiger partial charge < -0.3 is 10.6 Å². The lowest BCUT2D eigenvalue weighted by atomic mass is 9.90. The summed E-state index contributed by atoms with van der Waals surface area (Å²) < 4.78 is 3.68. The van der Waals surface area contributed by atoms with Crippen molar-refractivity contribution < 1.29 is 4.79 Å². The number of aryl methyl sites for hydroxylation is 1. The van der Waals surface area contributed by atoms with E-state index in [0.29, 0.717) is 13.1 Å². The Balaban J connectivity index is 0.00000225. The summed E-state index contributed by atoms with van der Waals surface area (Å²) in [4.78, 5) is 12.7. The second-order valence-electron chi connectivity index (χ2n) is 7.06. The molecule has 148 valence electrons. The highest BCUT2D eigenvalue weighted by Crippen LogP contribution is 2.27. The van der Waals surface area contributed by atoms with Crippen molar-refractivity contribution in [2.45, 2.75) is 19.0 Å². The standard InChI is InChI=1S/C20H24N6O.ClH/c1-25-14-17(10-24-25)18-11-21-12-19(18)20(27)22-9-15-3-5-16(6-4-15)13-26-8-2-7-23-26;/h2-8,10,14,18-19,21H,9,11-13H2,1H3,(H,22,27);1H/t18-,19+;/m1./s1. The van der Waals surface area contributed by atoms with Crippen molar-refractivity contribution in [2.24, 2.45) is 13.0 Å². The Labute approximate surface area is 170 Å². The number of nitrogens with one attached hydrogen (secondary N) is 2. The Morgan fingerprint density at radius 3 is 2.68 bits per heavy atom. The Hall–Kier alpha value is -2.64. The molecule has 1 aliphatic rings. The summed E-state index contributed by atoms with van der Waals surface area (Å²) in [5, 5.41) is 14.9. The van der Waals surface area contributed by atoms with Gasteiger partial charge in [0.1, 0.15) is 0 Å². The molecule has 3 heterocycles. The van der Waals surface area contributed by atoms with Crippen molar-refractivity contribution in [3.63, 3.8) is 0 Å². The maximum atomic E-state index is 12.7. The highest BCUT2D eigenvalue weighted by Gasteiger charge is 2.34. The molecule has 28 heavy (non-hydrogen) atoms. The van der Waals surface area contributed by atoms with Gasteiger partial charge in [-0.2, -0.15) is 10.2 Å². The summed E-state index contributed by atoms with van der Waals surface area (Å²) in [5.41, 5.74) is 3.40. The van der Waals surface area contributed by atoms with Crippen LogP contribution in [0.2, 0.25) is 0 Å². The molecule has 1 amide bonds. The lowest BCUT2D eigenvalue weighted by Gasteiger charge is -2.17. The minimum absolute atomic E-state index is 0. The van der Waals surface area contributed by atoms with Crippen molar-refractivity contribution in [2.75, 3.05) is 13.1 Å². The van der Waals surface area contributed by atoms with Crippen molar-refractivity contribution in [1.82, 2.24) is 30.2 Å². The van der Waals surface area contributed by atoms with Gasteiger partial charge in [0.25, 0.3) is 0 Å². The lowest BCUT2D eigenvalue weighted by Crippen LogP contribution is -2.33. The van der Waals surface area contributed by atoms with Crippen LogP contribution in [-0.4, -0.2) is 38.6 Å². The molecule has 7 nitrogen and oxygen atoms in total. The first-order chi connectivity index (χ1) is 13.2. The summed E-state index contributed by atoms with van der Waals surface area (Å²) in [6, 6.07) is 10.2. The van der Waals surface area contributed by atoms with Gasteiger partial charge in [0.2, 0.25) is 5.91 Å². The van der Waals surface area contributed by atoms with Gasteiger partial charge in [0, 0.05) is 51.2 Å². The Bertz CT molecular complexity index is 890. The first kappa shape index (κ1) is 20.1. The van der Waals surface area contributed by atoms with E-state index in [2.05, 4.69) is 45.1 Å². The fourth-order valence-corrected chi connectivity index (χ4v) is 3.60. The molecule has 2 aromatic heterocycles. The van der Waals surface area contributed by atoms with Crippen LogP contribution < -0.4 is 10.6 Å². The van der Waals surface area contributed by atoms with Crippen LogP contribution in [0.3, 0.4) is 0 Å². The van der Waals surface area contributed by atoms with E-state index in [-0.39, 0.29) is 30.2 Å². The molecule has 0 aliphatic carbocycles. The van der Waals surface area contributed by atoms with E-state index in [1.807, 2.05) is 36.4 Å². The van der Waals surface area contributed by atoms with Gasteiger partial charge in [-0.05, 0) is 22.8 Å². The van der Waals surface area contributed by atoms with Crippen LogP contribution in [0, 0.1) is 5.92 Å². The average molecular weight is 401 g/mol. The van der Waals surface area contributed by atoms with Crippen LogP contribution in [0.15, 0.2) is 55.1 Å². The monoisotopic (exact) mass is 400 g/mol. The third-order valence-corrected chi connectivity index (χ3v) is 5.10. The summed E-state index contributed by atoms with van der Waals surface area (Å²) >= 11 is 0. The largest absolute Gasteiger partial charge is 0.352 e. The van der Waals surface area contributed by atoms with Gasteiger partial charge in [-0.25, -0.2) is 0 Å². The fourth-order valence-electron chi connectivity index (χ4n) is 3.60. The Morgan fingerprint density at radius 1 is 1.21 bits per heavy atom. The highest BCUT2D eigenvalue weighted by molar-refractivity contribution is 5.85. The molecule has 3 aromatic rings. The number of benzene rings is 1. The molecule has 0 spiro atoms. The summed E-state index contributed by atoms with van der Waals surface area (Å²) in [7, 11) is 1.90. The van der Waals surface area contributed by atoms with Crippen LogP contribution >= 0.6 is 12.4 Å². The molecule has 2 N–H and O–H groups in total. The van der Waals surface area contributed by atoms with E-state index < -0.39 is 0 Å². The van der Waals surface area contributed by atoms with Crippen LogP contribution in [-0.2, 0) is 24.9 Å². The average Bonchev–Trinajstić information content (AvgIpc) is 3.42. The number of halogens is 1. The molecule has 1 aliphatic heterocycles. The predicted molar refractivity (Wildman–Crippen MR) is 109 cm³/mol. The van der Waals surface area contributed by atoms with Crippen molar-refractivity contribution in [3.8, 4) is 0 Å². The number of hydrogen-bond acceptors (Lipinski definition) is 4. The van der Waals surface area contributed by atoms with E-state index in [1.54, 1.807) is 10.9 Å². The second kappa shape index (κ2) is 9.03. The SMILES string of the molecule is Cl.Cn1cc([C@H]2CNC[C@@H]2C(=O)NCc2ccc(Cn3cccn3)cc2)cn1. The minimum atomic E-state index is -0.0618. The third kappa shape index (κ3) is 4.61. The smallest absolute Gasteiger partial charge is 0.225 e. The van der Waals surface area contributed by atoms with Gasteiger partial charge in [-0.1, -0.05) is 24.3 Å². The van der Waals surface area contributed by atoms with E-state index >= 15 is 0 Å². The topological polar surface area (TPSA) is 76.8 Å². The molecule has 4 rings (SSSR count). The maximum absolute atomic E-state index is 12.7. The van der Waals surface area contributed by atoms with Gasteiger partial charge in [0.15, 0.2) is 0 Å². The minimum Gasteiger partial charge on any atom is -0.352 e. The van der Waals surface area contributed by atoms with Crippen LogP contribution in [0.5, 0.6) is 0 Å². The van der Waals surface area contributed by atoms with E-state index in [1.165, 1.54) is 5.56 Å². The zero-order valence-electron chi connectivity index (χ0n) is 15.8. The lowest BCUT2D eigenvalue weighted by molar-refractivity contribution is -0.125. The molecule has 2 atom stereocenters. The second-order valence-corrected chi connectivity index (χ2v) is 7.06. The molecule has 0 bridgehead atoms. The number of carbonyl (C=O) groups excluding carboxylic acids is 1. The normalized spacial score (nSPS) is 18.6. The van der Waals surface area contributed by atoms with E-state index in [9.17, 15) is 4.79 Å². The number of nitrogens with zero attached hydrogens (tertiary/aromatic N) is 4. The Kier molecular flexibility index (Phi) is 6.49. The molecule has 8 heteroatoms. The number of carbonyl (C=O) groups is 1. The van der Waals surface area contributed by atoms with Crippen molar-refractivity contribution >= 4 is 18.3 Å². The predicted octanol–water partition coefficient (Wildman–Crippen LogP) is 1.71. The molecule has 0 saturated carbocycles. The molecule has 1 aromatic carbocycles. The summed E-state index contributed by atoms with van der Waals surface area (Å²) in [5.74, 6) is 0.206. The van der Waals surface area contributed by atoms with Crippen molar-refractivity contribution in [3.05, 3.63) is 71.8 Å². The zero-order valence-corrected chi connectivity index (χ0v) is 16.6. The molecule has 1 fully saturated rings. The molecule has 1 saturated heterocycles. The molecule has 0 unspecified atom stereocenters. The van der Waals surface area contributed by atoms with Gasteiger partial charge in [-0.15, -0.1) is 12.4 Å². The number of rotatable bonds is 6.